The second kappa shape index (κ2) is 6.16. The molecular weight excluding hydrogens is 204 g/mol. The number of hydrogen-bond acceptors (Lipinski definition) is 2. The summed E-state index contributed by atoms with van der Waals surface area (Å²) in [7, 11) is 0. The number of ether oxygens (including phenoxy) is 1. The minimum absolute atomic E-state index is 0.301. The molecule has 0 heterocycles. The average Bonchev–Trinajstić information content (AvgIpc) is 2.26. The summed E-state index contributed by atoms with van der Waals surface area (Å²) in [6.45, 7) is 4.35. The summed E-state index contributed by atoms with van der Waals surface area (Å²) in [6, 6.07) is 7.75. The highest BCUT2D eigenvalue weighted by Crippen LogP contribution is 2.14. The smallest absolute Gasteiger partial charge is 0.306 e. The molecule has 0 amide bonds. The fourth-order valence-corrected chi connectivity index (χ4v) is 1.46. The van der Waals surface area contributed by atoms with E-state index in [4.69, 9.17) is 9.84 Å². The number of carbonyl (C=O) groups is 1. The maximum Gasteiger partial charge on any atom is 0.306 e. The number of benzene rings is 1. The second-order valence-corrected chi connectivity index (χ2v) is 3.89. The number of aryl methyl sites for hydroxylation is 1. The SMILES string of the molecule is CCC(CCOc1ccc(C)cc1)C(=O)O. The lowest BCUT2D eigenvalue weighted by Gasteiger charge is -2.10. The maximum absolute atomic E-state index is 10.8. The third kappa shape index (κ3) is 3.93. The van der Waals surface area contributed by atoms with E-state index in [1.54, 1.807) is 0 Å². The highest BCUT2D eigenvalue weighted by atomic mass is 16.5. The van der Waals surface area contributed by atoms with E-state index in [1.165, 1.54) is 5.56 Å². The van der Waals surface area contributed by atoms with E-state index in [0.29, 0.717) is 19.4 Å². The first-order valence-corrected chi connectivity index (χ1v) is 5.55. The van der Waals surface area contributed by atoms with Crippen LogP contribution in [-0.4, -0.2) is 17.7 Å². The van der Waals surface area contributed by atoms with Crippen molar-refractivity contribution in [3.8, 4) is 5.75 Å². The van der Waals surface area contributed by atoms with E-state index in [-0.39, 0.29) is 5.92 Å². The highest BCUT2D eigenvalue weighted by molar-refractivity contribution is 5.69. The van der Waals surface area contributed by atoms with Gasteiger partial charge >= 0.3 is 5.97 Å². The fraction of sp³-hybridized carbons (Fsp3) is 0.462. The van der Waals surface area contributed by atoms with Gasteiger partial charge in [-0.15, -0.1) is 0 Å². The number of carboxylic acid groups (broad SMARTS) is 1. The van der Waals surface area contributed by atoms with Crippen molar-refractivity contribution in [1.82, 2.24) is 0 Å². The van der Waals surface area contributed by atoms with Crippen molar-refractivity contribution in [2.75, 3.05) is 6.61 Å². The lowest BCUT2D eigenvalue weighted by Crippen LogP contribution is -2.15. The molecule has 0 aliphatic heterocycles. The largest absolute Gasteiger partial charge is 0.494 e. The van der Waals surface area contributed by atoms with Crippen molar-refractivity contribution < 1.29 is 14.6 Å². The van der Waals surface area contributed by atoms with Crippen LogP contribution >= 0.6 is 0 Å². The predicted molar refractivity (Wildman–Crippen MR) is 62.7 cm³/mol. The summed E-state index contributed by atoms with van der Waals surface area (Å²) in [5, 5.41) is 8.85. The summed E-state index contributed by atoms with van der Waals surface area (Å²) >= 11 is 0. The van der Waals surface area contributed by atoms with Gasteiger partial charge in [0.15, 0.2) is 0 Å². The van der Waals surface area contributed by atoms with E-state index in [1.807, 2.05) is 38.1 Å². The Labute approximate surface area is 96.1 Å². The lowest BCUT2D eigenvalue weighted by molar-refractivity contribution is -0.142. The topological polar surface area (TPSA) is 46.5 Å². The molecule has 1 aromatic carbocycles. The molecule has 1 aromatic rings. The first-order chi connectivity index (χ1) is 7.63. The Morgan fingerprint density at radius 1 is 1.38 bits per heavy atom. The first kappa shape index (κ1) is 12.6. The standard InChI is InChI=1S/C13H18O3/c1-3-11(13(14)15)8-9-16-12-6-4-10(2)5-7-12/h4-7,11H,3,8-9H2,1-2H3,(H,14,15). The van der Waals surface area contributed by atoms with Gasteiger partial charge in [0.25, 0.3) is 0 Å². The summed E-state index contributed by atoms with van der Waals surface area (Å²) in [5.74, 6) is -0.244. The molecule has 0 aromatic heterocycles. The van der Waals surface area contributed by atoms with Gasteiger partial charge in [-0.3, -0.25) is 4.79 Å². The van der Waals surface area contributed by atoms with Crippen LogP contribution in [0.2, 0.25) is 0 Å². The molecule has 0 saturated carbocycles. The van der Waals surface area contributed by atoms with Crippen LogP contribution in [0.3, 0.4) is 0 Å². The minimum atomic E-state index is -0.741. The molecule has 16 heavy (non-hydrogen) atoms. The van der Waals surface area contributed by atoms with Crippen LogP contribution in [0.5, 0.6) is 5.75 Å². The molecule has 1 atom stereocenters. The number of hydrogen-bond donors (Lipinski definition) is 1. The summed E-state index contributed by atoms with van der Waals surface area (Å²) in [4.78, 5) is 10.8. The van der Waals surface area contributed by atoms with Crippen molar-refractivity contribution in [3.63, 3.8) is 0 Å². The molecule has 0 spiro atoms. The van der Waals surface area contributed by atoms with Crippen LogP contribution in [0.15, 0.2) is 24.3 Å². The highest BCUT2D eigenvalue weighted by Gasteiger charge is 2.14. The third-order valence-electron chi connectivity index (χ3n) is 2.60. The van der Waals surface area contributed by atoms with Crippen molar-refractivity contribution in [3.05, 3.63) is 29.8 Å². The summed E-state index contributed by atoms with van der Waals surface area (Å²) in [5.41, 5.74) is 1.18. The van der Waals surface area contributed by atoms with Crippen molar-refractivity contribution in [1.29, 1.82) is 0 Å². The summed E-state index contributed by atoms with van der Waals surface area (Å²) in [6.07, 6.45) is 1.20. The molecule has 1 rings (SSSR count). The molecule has 0 aliphatic carbocycles. The number of carboxylic acids is 1. The van der Waals surface area contributed by atoms with E-state index in [0.717, 1.165) is 5.75 Å². The van der Waals surface area contributed by atoms with Crippen molar-refractivity contribution in [2.45, 2.75) is 26.7 Å². The Morgan fingerprint density at radius 3 is 2.50 bits per heavy atom. The summed E-state index contributed by atoms with van der Waals surface area (Å²) < 4.78 is 5.48. The Morgan fingerprint density at radius 2 is 2.00 bits per heavy atom. The van der Waals surface area contributed by atoms with E-state index < -0.39 is 5.97 Å². The molecule has 1 unspecified atom stereocenters. The first-order valence-electron chi connectivity index (χ1n) is 5.55. The van der Waals surface area contributed by atoms with Crippen molar-refractivity contribution >= 4 is 5.97 Å². The molecule has 0 bridgehead atoms. The van der Waals surface area contributed by atoms with Gasteiger partial charge in [-0.2, -0.15) is 0 Å². The minimum Gasteiger partial charge on any atom is -0.494 e. The van der Waals surface area contributed by atoms with Crippen LogP contribution in [0.1, 0.15) is 25.3 Å². The second-order valence-electron chi connectivity index (χ2n) is 3.89. The molecule has 1 N–H and O–H groups in total. The molecule has 0 saturated heterocycles. The van der Waals surface area contributed by atoms with Gasteiger partial charge in [0, 0.05) is 0 Å². The van der Waals surface area contributed by atoms with E-state index in [2.05, 4.69) is 0 Å². The van der Waals surface area contributed by atoms with Gasteiger partial charge in [0.1, 0.15) is 5.75 Å². The van der Waals surface area contributed by atoms with Gasteiger partial charge in [0.2, 0.25) is 0 Å². The Balaban J connectivity index is 2.35. The molecule has 0 aliphatic rings. The van der Waals surface area contributed by atoms with Gasteiger partial charge in [0.05, 0.1) is 12.5 Å². The van der Waals surface area contributed by atoms with E-state index in [9.17, 15) is 4.79 Å². The van der Waals surface area contributed by atoms with Crippen LogP contribution in [0, 0.1) is 12.8 Å². The molecule has 3 nitrogen and oxygen atoms in total. The zero-order chi connectivity index (χ0) is 12.0. The van der Waals surface area contributed by atoms with Crippen molar-refractivity contribution in [2.24, 2.45) is 5.92 Å². The van der Waals surface area contributed by atoms with E-state index >= 15 is 0 Å². The maximum atomic E-state index is 10.8. The third-order valence-corrected chi connectivity index (χ3v) is 2.60. The van der Waals surface area contributed by atoms with Crippen LogP contribution in [-0.2, 0) is 4.79 Å². The Kier molecular flexibility index (Phi) is 4.83. The molecule has 3 heteroatoms. The number of aliphatic carboxylic acids is 1. The predicted octanol–water partition coefficient (Wildman–Crippen LogP) is 2.87. The lowest BCUT2D eigenvalue weighted by atomic mass is 10.0. The monoisotopic (exact) mass is 222 g/mol. The number of rotatable bonds is 6. The average molecular weight is 222 g/mol. The van der Waals surface area contributed by atoms with Gasteiger partial charge in [-0.25, -0.2) is 0 Å². The van der Waals surface area contributed by atoms with Crippen LogP contribution < -0.4 is 4.74 Å². The zero-order valence-electron chi connectivity index (χ0n) is 9.77. The zero-order valence-corrected chi connectivity index (χ0v) is 9.77. The normalized spacial score (nSPS) is 12.1. The Hall–Kier alpha value is -1.51. The fourth-order valence-electron chi connectivity index (χ4n) is 1.46. The Bertz CT molecular complexity index is 330. The molecule has 0 radical (unpaired) electrons. The molecular formula is C13H18O3. The van der Waals surface area contributed by atoms with Crippen LogP contribution in [0.25, 0.3) is 0 Å². The molecule has 0 fully saturated rings. The van der Waals surface area contributed by atoms with Crippen LogP contribution in [0.4, 0.5) is 0 Å². The molecule has 88 valence electrons. The quantitative estimate of drug-likeness (QED) is 0.805. The van der Waals surface area contributed by atoms with Gasteiger partial charge in [-0.1, -0.05) is 24.6 Å². The van der Waals surface area contributed by atoms with Gasteiger partial charge in [-0.05, 0) is 31.9 Å². The van der Waals surface area contributed by atoms with Gasteiger partial charge < -0.3 is 9.84 Å².